The molecule has 6 nitrogen and oxygen atoms in total. The van der Waals surface area contributed by atoms with Crippen molar-refractivity contribution in [3.05, 3.63) is 36.7 Å². The van der Waals surface area contributed by atoms with E-state index in [4.69, 9.17) is 4.74 Å². The number of ether oxygens (including phenoxy) is 1. The van der Waals surface area contributed by atoms with E-state index in [1.165, 1.54) is 0 Å². The minimum absolute atomic E-state index is 0.0639. The smallest absolute Gasteiger partial charge is 0.322 e. The summed E-state index contributed by atoms with van der Waals surface area (Å²) in [5.41, 5.74) is 1.76. The highest BCUT2D eigenvalue weighted by molar-refractivity contribution is 5.90. The van der Waals surface area contributed by atoms with Crippen LogP contribution in [-0.2, 0) is 11.8 Å². The first kappa shape index (κ1) is 17.5. The topological polar surface area (TPSA) is 59.4 Å². The Hall–Kier alpha value is -2.34. The highest BCUT2D eigenvalue weighted by Crippen LogP contribution is 2.22. The Morgan fingerprint density at radius 3 is 3.00 bits per heavy atom. The molecule has 0 spiro atoms. The molecule has 0 saturated carbocycles. The zero-order valence-electron chi connectivity index (χ0n) is 15.1. The van der Waals surface area contributed by atoms with E-state index in [0.29, 0.717) is 25.7 Å². The molecule has 0 bridgehead atoms. The molecule has 25 heavy (non-hydrogen) atoms. The van der Waals surface area contributed by atoms with Gasteiger partial charge in [-0.3, -0.25) is 0 Å². The van der Waals surface area contributed by atoms with Crippen LogP contribution in [0.3, 0.4) is 0 Å². The summed E-state index contributed by atoms with van der Waals surface area (Å²) in [4.78, 5) is 19.0. The Balaban J connectivity index is 1.73. The van der Waals surface area contributed by atoms with Crippen LogP contribution in [-0.4, -0.2) is 46.3 Å². The quantitative estimate of drug-likeness (QED) is 0.927. The van der Waals surface area contributed by atoms with E-state index in [1.54, 1.807) is 6.20 Å². The summed E-state index contributed by atoms with van der Waals surface area (Å²) in [5, 5.41) is 3.03. The van der Waals surface area contributed by atoms with Gasteiger partial charge in [0.25, 0.3) is 0 Å². The summed E-state index contributed by atoms with van der Waals surface area (Å²) < 4.78 is 7.52. The molecule has 3 rings (SSSR count). The number of imidazole rings is 1. The fraction of sp³-hybridized carbons (Fsp3) is 0.474. The molecule has 0 aliphatic carbocycles. The Kier molecular flexibility index (Phi) is 5.38. The van der Waals surface area contributed by atoms with Crippen LogP contribution in [0.25, 0.3) is 11.4 Å². The third-order valence-electron chi connectivity index (χ3n) is 4.43. The van der Waals surface area contributed by atoms with Crippen LogP contribution in [0.5, 0.6) is 0 Å². The number of anilines is 1. The number of carbonyl (C=O) groups excluding carboxylic acids is 1. The number of nitrogens with zero attached hydrogens (tertiary/aromatic N) is 3. The number of carbonyl (C=O) groups is 1. The summed E-state index contributed by atoms with van der Waals surface area (Å²) in [7, 11) is 1.96. The second-order valence-corrected chi connectivity index (χ2v) is 6.92. The molecule has 1 atom stereocenters. The van der Waals surface area contributed by atoms with Crippen molar-refractivity contribution in [2.24, 2.45) is 13.0 Å². The molecule has 2 amide bonds. The molecule has 1 saturated heterocycles. The van der Waals surface area contributed by atoms with Gasteiger partial charge in [0.05, 0.1) is 19.3 Å². The molecular formula is C19H26N4O2. The number of hydrogen-bond donors (Lipinski definition) is 1. The van der Waals surface area contributed by atoms with Gasteiger partial charge in [-0.1, -0.05) is 26.0 Å². The number of benzene rings is 1. The number of aromatic nitrogens is 2. The van der Waals surface area contributed by atoms with Gasteiger partial charge in [-0.15, -0.1) is 0 Å². The molecule has 1 N–H and O–H groups in total. The van der Waals surface area contributed by atoms with Crippen molar-refractivity contribution in [2.45, 2.75) is 26.3 Å². The summed E-state index contributed by atoms with van der Waals surface area (Å²) in [5.74, 6) is 1.40. The molecule has 0 radical (unpaired) electrons. The average molecular weight is 342 g/mol. The molecule has 2 aromatic rings. The van der Waals surface area contributed by atoms with Gasteiger partial charge < -0.3 is 19.5 Å². The van der Waals surface area contributed by atoms with E-state index in [2.05, 4.69) is 24.1 Å². The van der Waals surface area contributed by atoms with Crippen LogP contribution in [0, 0.1) is 5.92 Å². The van der Waals surface area contributed by atoms with E-state index in [1.807, 2.05) is 47.0 Å². The molecule has 6 heteroatoms. The van der Waals surface area contributed by atoms with Crippen LogP contribution < -0.4 is 5.32 Å². The van der Waals surface area contributed by atoms with Gasteiger partial charge in [-0.05, 0) is 24.5 Å². The lowest BCUT2D eigenvalue weighted by atomic mass is 10.0. The van der Waals surface area contributed by atoms with Gasteiger partial charge in [0.2, 0.25) is 0 Å². The van der Waals surface area contributed by atoms with Crippen LogP contribution in [0.2, 0.25) is 0 Å². The van der Waals surface area contributed by atoms with Crippen LogP contribution in [0.4, 0.5) is 10.5 Å². The Morgan fingerprint density at radius 2 is 2.28 bits per heavy atom. The minimum atomic E-state index is -0.0639. The van der Waals surface area contributed by atoms with Crippen molar-refractivity contribution in [3.63, 3.8) is 0 Å². The lowest BCUT2D eigenvalue weighted by molar-refractivity contribution is 0.00857. The Labute approximate surface area is 148 Å². The molecule has 1 fully saturated rings. The second kappa shape index (κ2) is 7.70. The van der Waals surface area contributed by atoms with E-state index >= 15 is 0 Å². The van der Waals surface area contributed by atoms with Crippen molar-refractivity contribution < 1.29 is 9.53 Å². The van der Waals surface area contributed by atoms with Crippen LogP contribution in [0.1, 0.15) is 20.3 Å². The van der Waals surface area contributed by atoms with Crippen molar-refractivity contribution in [1.29, 1.82) is 0 Å². The number of aryl methyl sites for hydroxylation is 1. The lowest BCUT2D eigenvalue weighted by Crippen LogP contribution is -2.50. The zero-order chi connectivity index (χ0) is 17.8. The monoisotopic (exact) mass is 342 g/mol. The minimum Gasteiger partial charge on any atom is -0.377 e. The van der Waals surface area contributed by atoms with Crippen LogP contribution in [0.15, 0.2) is 36.7 Å². The zero-order valence-corrected chi connectivity index (χ0v) is 15.1. The number of rotatable bonds is 4. The standard InChI is InChI=1S/C19H26N4O2/c1-14(2)11-17-13-25-10-9-23(17)19(24)21-16-6-4-5-15(12-16)18-20-7-8-22(18)3/h4-8,12,14,17H,9-11,13H2,1-3H3,(H,21,24). The van der Waals surface area contributed by atoms with Gasteiger partial charge in [-0.25, -0.2) is 9.78 Å². The van der Waals surface area contributed by atoms with Gasteiger partial charge in [0, 0.05) is 37.2 Å². The third kappa shape index (κ3) is 4.20. The molecule has 2 heterocycles. The van der Waals surface area contributed by atoms with Gasteiger partial charge in [0.15, 0.2) is 0 Å². The van der Waals surface area contributed by atoms with Gasteiger partial charge in [0.1, 0.15) is 5.82 Å². The molecular weight excluding hydrogens is 316 g/mol. The maximum Gasteiger partial charge on any atom is 0.322 e. The molecule has 1 aromatic heterocycles. The highest BCUT2D eigenvalue weighted by Gasteiger charge is 2.27. The first-order valence-electron chi connectivity index (χ1n) is 8.77. The maximum atomic E-state index is 12.8. The van der Waals surface area contributed by atoms with E-state index in [9.17, 15) is 4.79 Å². The summed E-state index contributed by atoms with van der Waals surface area (Å²) in [6.07, 6.45) is 4.62. The third-order valence-corrected chi connectivity index (χ3v) is 4.43. The predicted octanol–water partition coefficient (Wildman–Crippen LogP) is 3.37. The Morgan fingerprint density at radius 1 is 1.44 bits per heavy atom. The molecule has 1 unspecified atom stereocenters. The molecule has 1 aliphatic heterocycles. The van der Waals surface area contributed by atoms with Gasteiger partial charge >= 0.3 is 6.03 Å². The van der Waals surface area contributed by atoms with Crippen LogP contribution >= 0.6 is 0 Å². The fourth-order valence-electron chi connectivity index (χ4n) is 3.24. The second-order valence-electron chi connectivity index (χ2n) is 6.92. The normalized spacial score (nSPS) is 17.8. The number of morpholine rings is 1. The van der Waals surface area contributed by atoms with Crippen molar-refractivity contribution >= 4 is 11.7 Å². The number of amides is 2. The van der Waals surface area contributed by atoms with E-state index in [-0.39, 0.29) is 12.1 Å². The SMILES string of the molecule is CC(C)CC1COCCN1C(=O)Nc1cccc(-c2nccn2C)c1. The number of urea groups is 1. The number of nitrogens with one attached hydrogen (secondary N) is 1. The van der Waals surface area contributed by atoms with Crippen molar-refractivity contribution in [3.8, 4) is 11.4 Å². The van der Waals surface area contributed by atoms with E-state index < -0.39 is 0 Å². The van der Waals surface area contributed by atoms with E-state index in [0.717, 1.165) is 23.5 Å². The first-order chi connectivity index (χ1) is 12.0. The lowest BCUT2D eigenvalue weighted by Gasteiger charge is -2.36. The molecule has 134 valence electrons. The summed E-state index contributed by atoms with van der Waals surface area (Å²) >= 11 is 0. The largest absolute Gasteiger partial charge is 0.377 e. The average Bonchev–Trinajstić information content (AvgIpc) is 3.01. The van der Waals surface area contributed by atoms with Crippen molar-refractivity contribution in [2.75, 3.05) is 25.1 Å². The van der Waals surface area contributed by atoms with Gasteiger partial charge in [-0.2, -0.15) is 0 Å². The highest BCUT2D eigenvalue weighted by atomic mass is 16.5. The Bertz CT molecular complexity index is 726. The number of hydrogen-bond acceptors (Lipinski definition) is 3. The predicted molar refractivity (Wildman–Crippen MR) is 98.4 cm³/mol. The van der Waals surface area contributed by atoms with Crippen molar-refractivity contribution in [1.82, 2.24) is 14.5 Å². The molecule has 1 aliphatic rings. The summed E-state index contributed by atoms with van der Waals surface area (Å²) in [6.45, 7) is 6.17. The maximum absolute atomic E-state index is 12.8. The molecule has 1 aromatic carbocycles. The summed E-state index contributed by atoms with van der Waals surface area (Å²) in [6, 6.07) is 7.86. The fourth-order valence-corrected chi connectivity index (χ4v) is 3.24. The first-order valence-corrected chi connectivity index (χ1v) is 8.77.